The van der Waals surface area contributed by atoms with Gasteiger partial charge in [0.15, 0.2) is 16.8 Å². The molecular weight excluding hydrogens is 421 g/mol. The number of benzene rings is 3. The highest BCUT2D eigenvalue weighted by Crippen LogP contribution is 2.36. The Morgan fingerprint density at radius 3 is 2.44 bits per heavy atom. The summed E-state index contributed by atoms with van der Waals surface area (Å²) < 4.78 is 50.2. The third-order valence-electron chi connectivity index (χ3n) is 4.66. The predicted molar refractivity (Wildman–Crippen MR) is 113 cm³/mol. The van der Waals surface area contributed by atoms with E-state index in [0.717, 1.165) is 23.8 Å². The van der Waals surface area contributed by atoms with Gasteiger partial charge < -0.3 is 14.5 Å². The largest absolute Gasteiger partial charge is 0.455 e. The first-order valence-electron chi connectivity index (χ1n) is 9.58. The number of carbonyl (C=O) groups is 1. The number of halogens is 3. The van der Waals surface area contributed by atoms with Gasteiger partial charge in [-0.1, -0.05) is 24.8 Å². The van der Waals surface area contributed by atoms with E-state index in [1.54, 1.807) is 12.1 Å². The summed E-state index contributed by atoms with van der Waals surface area (Å²) in [7, 11) is 0. The van der Waals surface area contributed by atoms with Crippen LogP contribution in [0, 0.1) is 0 Å². The lowest BCUT2D eigenvalue weighted by Crippen LogP contribution is -2.19. The van der Waals surface area contributed by atoms with E-state index in [-0.39, 0.29) is 18.2 Å². The molecule has 1 N–H and O–H groups in total. The van der Waals surface area contributed by atoms with Crippen molar-refractivity contribution >= 4 is 17.0 Å². The van der Waals surface area contributed by atoms with Crippen molar-refractivity contribution < 1.29 is 27.1 Å². The molecule has 3 aromatic carbocycles. The van der Waals surface area contributed by atoms with Gasteiger partial charge in [-0.25, -0.2) is 4.98 Å². The van der Waals surface area contributed by atoms with E-state index in [4.69, 9.17) is 9.15 Å². The van der Waals surface area contributed by atoms with Gasteiger partial charge in [0.05, 0.1) is 5.56 Å². The number of fused-ring (bicyclic) bond motifs is 1. The standard InChI is InChI=1S/C24H17F3N2O3/c1-2-20(30)28-14-16-8-13-19(31-18-11-9-17(10-12-18)24(25,26)27)21-22(16)32-23(29-21)15-6-4-3-5-7-15/h2-13H,1,14H2,(H,28,30). The maximum Gasteiger partial charge on any atom is 0.416 e. The van der Waals surface area contributed by atoms with Crippen LogP contribution >= 0.6 is 0 Å². The highest BCUT2D eigenvalue weighted by atomic mass is 19.4. The number of rotatable bonds is 6. The van der Waals surface area contributed by atoms with Gasteiger partial charge in [-0.05, 0) is 54.6 Å². The van der Waals surface area contributed by atoms with Crippen molar-refractivity contribution in [3.8, 4) is 23.0 Å². The summed E-state index contributed by atoms with van der Waals surface area (Å²) in [5.41, 5.74) is 1.41. The van der Waals surface area contributed by atoms with E-state index < -0.39 is 11.7 Å². The quantitative estimate of drug-likeness (QED) is 0.369. The first kappa shape index (κ1) is 21.2. The highest BCUT2D eigenvalue weighted by Gasteiger charge is 2.30. The van der Waals surface area contributed by atoms with Crippen molar-refractivity contribution in [1.82, 2.24) is 10.3 Å². The summed E-state index contributed by atoms with van der Waals surface area (Å²) in [6.45, 7) is 3.59. The van der Waals surface area contributed by atoms with Crippen molar-refractivity contribution in [2.24, 2.45) is 0 Å². The second-order valence-corrected chi connectivity index (χ2v) is 6.83. The van der Waals surface area contributed by atoms with Crippen LogP contribution < -0.4 is 10.1 Å². The first-order valence-corrected chi connectivity index (χ1v) is 9.58. The molecule has 0 saturated carbocycles. The lowest BCUT2D eigenvalue weighted by molar-refractivity contribution is -0.137. The summed E-state index contributed by atoms with van der Waals surface area (Å²) in [6.07, 6.45) is -3.27. The second-order valence-electron chi connectivity index (χ2n) is 6.83. The van der Waals surface area contributed by atoms with Crippen LogP contribution in [0.3, 0.4) is 0 Å². The van der Waals surface area contributed by atoms with Crippen molar-refractivity contribution in [1.29, 1.82) is 0 Å². The normalized spacial score (nSPS) is 11.3. The maximum absolute atomic E-state index is 12.8. The van der Waals surface area contributed by atoms with E-state index >= 15 is 0 Å². The van der Waals surface area contributed by atoms with Crippen LogP contribution in [-0.4, -0.2) is 10.9 Å². The molecule has 0 aliphatic carbocycles. The van der Waals surface area contributed by atoms with E-state index in [1.165, 1.54) is 12.1 Å². The van der Waals surface area contributed by atoms with E-state index in [0.29, 0.717) is 28.3 Å². The predicted octanol–water partition coefficient (Wildman–Crippen LogP) is 6.11. The molecule has 5 nitrogen and oxygen atoms in total. The van der Waals surface area contributed by atoms with Crippen LogP contribution in [0.25, 0.3) is 22.6 Å². The minimum atomic E-state index is -4.43. The summed E-state index contributed by atoms with van der Waals surface area (Å²) in [5, 5.41) is 2.69. The van der Waals surface area contributed by atoms with Crippen LogP contribution in [0.2, 0.25) is 0 Å². The number of alkyl halides is 3. The minimum Gasteiger partial charge on any atom is -0.455 e. The van der Waals surface area contributed by atoms with Crippen LogP contribution in [0.15, 0.2) is 83.8 Å². The first-order chi connectivity index (χ1) is 15.3. The molecule has 0 aliphatic rings. The van der Waals surface area contributed by atoms with Crippen molar-refractivity contribution in [3.05, 3.63) is 90.5 Å². The lowest BCUT2D eigenvalue weighted by atomic mass is 10.1. The zero-order valence-corrected chi connectivity index (χ0v) is 16.6. The molecule has 0 atom stereocenters. The topological polar surface area (TPSA) is 64.4 Å². The third-order valence-corrected chi connectivity index (χ3v) is 4.66. The number of oxazole rings is 1. The Labute approximate surface area is 181 Å². The van der Waals surface area contributed by atoms with Crippen molar-refractivity contribution in [3.63, 3.8) is 0 Å². The van der Waals surface area contributed by atoms with Gasteiger partial charge in [-0.3, -0.25) is 4.79 Å². The van der Waals surface area contributed by atoms with Crippen molar-refractivity contribution in [2.75, 3.05) is 0 Å². The number of nitrogens with zero attached hydrogens (tertiary/aromatic N) is 1. The molecule has 162 valence electrons. The number of aromatic nitrogens is 1. The summed E-state index contributed by atoms with van der Waals surface area (Å²) in [4.78, 5) is 16.1. The lowest BCUT2D eigenvalue weighted by Gasteiger charge is -2.10. The average Bonchev–Trinajstić information content (AvgIpc) is 3.25. The average molecular weight is 438 g/mol. The van der Waals surface area contributed by atoms with Crippen LogP contribution in [-0.2, 0) is 17.5 Å². The van der Waals surface area contributed by atoms with Crippen molar-refractivity contribution in [2.45, 2.75) is 12.7 Å². The SMILES string of the molecule is C=CC(=O)NCc1ccc(Oc2ccc(C(F)(F)F)cc2)c2nc(-c3ccccc3)oc12. The van der Waals surface area contributed by atoms with Gasteiger partial charge in [-0.2, -0.15) is 13.2 Å². The zero-order valence-electron chi connectivity index (χ0n) is 16.6. The van der Waals surface area contributed by atoms with Crippen LogP contribution in [0.1, 0.15) is 11.1 Å². The fraction of sp³-hybridized carbons (Fsp3) is 0.0833. The molecule has 1 heterocycles. The van der Waals surface area contributed by atoms with Gasteiger partial charge in [-0.15, -0.1) is 0 Å². The Hall–Kier alpha value is -4.07. The van der Waals surface area contributed by atoms with Gasteiger partial charge in [0.2, 0.25) is 11.8 Å². The molecule has 4 aromatic rings. The van der Waals surface area contributed by atoms with E-state index in [9.17, 15) is 18.0 Å². The van der Waals surface area contributed by atoms with Crippen LogP contribution in [0.4, 0.5) is 13.2 Å². The van der Waals surface area contributed by atoms with Gasteiger partial charge in [0.1, 0.15) is 5.75 Å². The number of hydrogen-bond acceptors (Lipinski definition) is 4. The third kappa shape index (κ3) is 4.49. The van der Waals surface area contributed by atoms with E-state index in [2.05, 4.69) is 16.9 Å². The number of carbonyl (C=O) groups excluding carboxylic acids is 1. The molecule has 4 rings (SSSR count). The Bertz CT molecular complexity index is 1260. The molecule has 0 radical (unpaired) electrons. The molecule has 0 fully saturated rings. The molecule has 0 bridgehead atoms. The molecule has 0 aliphatic heterocycles. The number of ether oxygens (including phenoxy) is 1. The smallest absolute Gasteiger partial charge is 0.416 e. The molecule has 0 spiro atoms. The Kier molecular flexibility index (Phi) is 5.68. The summed E-state index contributed by atoms with van der Waals surface area (Å²) in [6, 6.07) is 16.9. The molecule has 0 unspecified atom stereocenters. The van der Waals surface area contributed by atoms with Gasteiger partial charge in [0, 0.05) is 17.7 Å². The molecule has 0 saturated heterocycles. The van der Waals surface area contributed by atoms with Crippen LogP contribution in [0.5, 0.6) is 11.5 Å². The number of nitrogens with one attached hydrogen (secondary N) is 1. The fourth-order valence-corrected chi connectivity index (χ4v) is 3.05. The molecular formula is C24H17F3N2O3. The Balaban J connectivity index is 1.73. The van der Waals surface area contributed by atoms with E-state index in [1.807, 2.05) is 30.3 Å². The monoisotopic (exact) mass is 438 g/mol. The number of amides is 1. The van der Waals surface area contributed by atoms with Gasteiger partial charge >= 0.3 is 6.18 Å². The molecule has 32 heavy (non-hydrogen) atoms. The fourth-order valence-electron chi connectivity index (χ4n) is 3.05. The summed E-state index contributed by atoms with van der Waals surface area (Å²) in [5.74, 6) is 0.534. The number of hydrogen-bond donors (Lipinski definition) is 1. The van der Waals surface area contributed by atoms with Gasteiger partial charge in [0.25, 0.3) is 0 Å². The highest BCUT2D eigenvalue weighted by molar-refractivity contribution is 5.88. The Morgan fingerprint density at radius 1 is 1.06 bits per heavy atom. The molecule has 1 aromatic heterocycles. The summed E-state index contributed by atoms with van der Waals surface area (Å²) >= 11 is 0. The molecule has 8 heteroatoms. The minimum absolute atomic E-state index is 0.172. The Morgan fingerprint density at radius 2 is 1.78 bits per heavy atom. The molecule has 1 amide bonds. The maximum atomic E-state index is 12.8. The second kappa shape index (κ2) is 8.58. The zero-order chi connectivity index (χ0) is 22.7.